The smallest absolute Gasteiger partial charge is 0.352 e. The van der Waals surface area contributed by atoms with E-state index >= 15 is 0 Å². The Kier molecular flexibility index (Phi) is 7.18. The number of oxime groups is 1. The van der Waals surface area contributed by atoms with Crippen LogP contribution in [-0.2, 0) is 26.3 Å². The van der Waals surface area contributed by atoms with Crippen LogP contribution in [0.4, 0.5) is 5.13 Å². The van der Waals surface area contributed by atoms with E-state index in [0.717, 1.165) is 28.0 Å². The molecule has 2 aromatic heterocycles. The molecule has 2 aliphatic rings. The number of thiazole rings is 1. The molecule has 190 valence electrons. The number of anilines is 1. The molecule has 0 radical (unpaired) electrons. The van der Waals surface area contributed by atoms with Crippen molar-refractivity contribution in [3.8, 4) is 0 Å². The molecule has 2 unspecified atom stereocenters. The second-order valence-corrected chi connectivity index (χ2v) is 10.2. The van der Waals surface area contributed by atoms with Gasteiger partial charge in [0.25, 0.3) is 11.8 Å². The van der Waals surface area contributed by atoms with Crippen LogP contribution in [-0.4, -0.2) is 83.3 Å². The van der Waals surface area contributed by atoms with Crippen LogP contribution in [0.15, 0.2) is 36.6 Å². The minimum Gasteiger partial charge on any atom is -0.477 e. The molecule has 1 fully saturated rings. The van der Waals surface area contributed by atoms with Crippen molar-refractivity contribution < 1.29 is 24.3 Å². The van der Waals surface area contributed by atoms with Crippen molar-refractivity contribution in [2.24, 2.45) is 12.2 Å². The highest BCUT2D eigenvalue weighted by Gasteiger charge is 2.54. The van der Waals surface area contributed by atoms with Gasteiger partial charge in [-0.25, -0.2) is 9.78 Å². The van der Waals surface area contributed by atoms with E-state index in [4.69, 9.17) is 10.6 Å². The van der Waals surface area contributed by atoms with Crippen molar-refractivity contribution in [1.82, 2.24) is 30.0 Å². The monoisotopic (exact) mass is 554 g/mol. The van der Waals surface area contributed by atoms with Crippen LogP contribution in [0.2, 0.25) is 0 Å². The summed E-state index contributed by atoms with van der Waals surface area (Å²) < 4.78 is 1.25. The SMILES string of the molecule is CO/N=C(\C(=O)NC1C(=O)N2C(C(=O)O)=C(CSc3nc(=O)c(=O)[nH]n3C)CSC12)c1csc(N)n1. The lowest BCUT2D eigenvalue weighted by molar-refractivity contribution is -0.150. The number of H-pyrrole nitrogens is 1. The van der Waals surface area contributed by atoms with Crippen LogP contribution in [0.1, 0.15) is 5.69 Å². The highest BCUT2D eigenvalue weighted by Crippen LogP contribution is 2.41. The molecule has 18 heteroatoms. The number of β-lactam (4-membered cyclic amide) rings is 1. The second-order valence-electron chi connectivity index (χ2n) is 7.30. The zero-order valence-corrected chi connectivity index (χ0v) is 21.0. The van der Waals surface area contributed by atoms with E-state index in [9.17, 15) is 29.1 Å². The van der Waals surface area contributed by atoms with Gasteiger partial charge in [0.05, 0.1) is 0 Å². The van der Waals surface area contributed by atoms with Gasteiger partial charge in [0, 0.05) is 23.9 Å². The fourth-order valence-electron chi connectivity index (χ4n) is 3.44. The van der Waals surface area contributed by atoms with Gasteiger partial charge in [-0.2, -0.15) is 4.98 Å². The van der Waals surface area contributed by atoms with Crippen molar-refractivity contribution in [3.05, 3.63) is 43.1 Å². The summed E-state index contributed by atoms with van der Waals surface area (Å²) in [7, 11) is 2.74. The van der Waals surface area contributed by atoms with Crippen LogP contribution in [0.3, 0.4) is 0 Å². The second kappa shape index (κ2) is 10.2. The van der Waals surface area contributed by atoms with Crippen LogP contribution in [0.25, 0.3) is 0 Å². The number of aliphatic carboxylic acids is 1. The maximum absolute atomic E-state index is 12.9. The molecule has 2 aromatic rings. The van der Waals surface area contributed by atoms with Gasteiger partial charge in [-0.05, 0) is 5.57 Å². The van der Waals surface area contributed by atoms with Crippen molar-refractivity contribution in [2.75, 3.05) is 24.3 Å². The Labute approximate surface area is 213 Å². The van der Waals surface area contributed by atoms with E-state index in [1.165, 1.54) is 36.0 Å². The number of aryl methyl sites for hydroxylation is 1. The van der Waals surface area contributed by atoms with E-state index < -0.39 is 40.3 Å². The zero-order chi connectivity index (χ0) is 26.1. The average molecular weight is 555 g/mol. The van der Waals surface area contributed by atoms with Gasteiger partial charge in [-0.1, -0.05) is 16.9 Å². The summed E-state index contributed by atoms with van der Waals surface area (Å²) in [5.74, 6) is -2.30. The van der Waals surface area contributed by atoms with Gasteiger partial charge in [-0.15, -0.1) is 23.1 Å². The fourth-order valence-corrected chi connectivity index (χ4v) is 6.39. The molecule has 0 aromatic carbocycles. The summed E-state index contributed by atoms with van der Waals surface area (Å²) in [6, 6.07) is -0.995. The number of nitrogens with zero attached hydrogens (tertiary/aromatic N) is 5. The molecule has 4 heterocycles. The maximum atomic E-state index is 12.9. The molecule has 0 saturated carbocycles. The van der Waals surface area contributed by atoms with Crippen molar-refractivity contribution in [1.29, 1.82) is 0 Å². The van der Waals surface area contributed by atoms with Gasteiger partial charge in [0.2, 0.25) is 0 Å². The lowest BCUT2D eigenvalue weighted by Gasteiger charge is -2.49. The van der Waals surface area contributed by atoms with E-state index in [-0.39, 0.29) is 38.9 Å². The normalized spacial score (nSPS) is 19.6. The molecule has 0 spiro atoms. The van der Waals surface area contributed by atoms with Gasteiger partial charge in [-0.3, -0.25) is 33.9 Å². The van der Waals surface area contributed by atoms with Crippen LogP contribution >= 0.6 is 34.9 Å². The van der Waals surface area contributed by atoms with Gasteiger partial charge < -0.3 is 21.0 Å². The number of thioether (sulfide) groups is 2. The Morgan fingerprint density at radius 3 is 2.78 bits per heavy atom. The van der Waals surface area contributed by atoms with Crippen molar-refractivity contribution in [3.63, 3.8) is 0 Å². The number of nitrogens with one attached hydrogen (secondary N) is 2. The zero-order valence-electron chi connectivity index (χ0n) is 18.6. The summed E-state index contributed by atoms with van der Waals surface area (Å²) in [4.78, 5) is 74.3. The molecule has 4 rings (SSSR count). The molecular formula is C18H18N8O7S3. The van der Waals surface area contributed by atoms with Gasteiger partial charge in [0.1, 0.15) is 29.9 Å². The number of amides is 2. The van der Waals surface area contributed by atoms with Crippen molar-refractivity contribution in [2.45, 2.75) is 16.6 Å². The summed E-state index contributed by atoms with van der Waals surface area (Å²) in [5, 5.41) is 19.6. The Hall–Kier alpha value is -3.64. The minimum absolute atomic E-state index is 0.102. The first-order valence-electron chi connectivity index (χ1n) is 9.96. The lowest BCUT2D eigenvalue weighted by atomic mass is 10.0. The molecule has 15 nitrogen and oxygen atoms in total. The number of aromatic amines is 1. The molecule has 36 heavy (non-hydrogen) atoms. The molecular weight excluding hydrogens is 536 g/mol. The number of carboxylic acid groups (broad SMARTS) is 1. The number of nitrogens with two attached hydrogens (primary N) is 1. The Morgan fingerprint density at radius 2 is 2.14 bits per heavy atom. The fraction of sp³-hybridized carbons (Fsp3) is 0.333. The maximum Gasteiger partial charge on any atom is 0.352 e. The molecule has 0 bridgehead atoms. The van der Waals surface area contributed by atoms with E-state index in [1.54, 1.807) is 0 Å². The largest absolute Gasteiger partial charge is 0.477 e. The third-order valence-corrected chi connectivity index (χ3v) is 8.15. The van der Waals surface area contributed by atoms with Crippen LogP contribution < -0.4 is 22.2 Å². The van der Waals surface area contributed by atoms with Gasteiger partial charge >= 0.3 is 17.1 Å². The molecule has 1 saturated heterocycles. The van der Waals surface area contributed by atoms with E-state index in [0.29, 0.717) is 5.57 Å². The van der Waals surface area contributed by atoms with E-state index in [1.807, 2.05) is 0 Å². The highest BCUT2D eigenvalue weighted by atomic mass is 32.2. The molecule has 2 atom stereocenters. The minimum atomic E-state index is -1.31. The number of hydrogen-bond acceptors (Lipinski definition) is 13. The third kappa shape index (κ3) is 4.73. The van der Waals surface area contributed by atoms with Gasteiger partial charge in [0.15, 0.2) is 16.0 Å². The number of aromatic nitrogens is 4. The Balaban J connectivity index is 1.51. The first kappa shape index (κ1) is 25.5. The predicted molar refractivity (Wildman–Crippen MR) is 131 cm³/mol. The topological polar surface area (TPSA) is 215 Å². The van der Waals surface area contributed by atoms with Crippen LogP contribution in [0.5, 0.6) is 0 Å². The molecule has 5 N–H and O–H groups in total. The van der Waals surface area contributed by atoms with Crippen LogP contribution in [0, 0.1) is 0 Å². The summed E-state index contributed by atoms with van der Waals surface area (Å²) in [6.45, 7) is 0. The lowest BCUT2D eigenvalue weighted by Crippen LogP contribution is -2.71. The average Bonchev–Trinajstić information content (AvgIpc) is 3.27. The third-order valence-electron chi connectivity index (χ3n) is 5.02. The van der Waals surface area contributed by atoms with E-state index in [2.05, 4.69) is 25.5 Å². The number of carbonyl (C=O) groups excluding carboxylic acids is 2. The number of carbonyl (C=O) groups is 3. The number of hydrogen-bond donors (Lipinski definition) is 4. The molecule has 0 aliphatic carbocycles. The number of nitrogen functional groups attached to an aromatic ring is 1. The summed E-state index contributed by atoms with van der Waals surface area (Å²) >= 11 is 3.41. The number of rotatable bonds is 8. The summed E-state index contributed by atoms with van der Waals surface area (Å²) in [6.07, 6.45) is 0. The predicted octanol–water partition coefficient (Wildman–Crippen LogP) is -1.61. The first-order valence-corrected chi connectivity index (χ1v) is 12.9. The molecule has 2 aliphatic heterocycles. The van der Waals surface area contributed by atoms with Crippen molar-refractivity contribution >= 4 is 63.5 Å². The number of carboxylic acids is 1. The number of fused-ring (bicyclic) bond motifs is 1. The Bertz CT molecular complexity index is 1430. The first-order chi connectivity index (χ1) is 17.1. The summed E-state index contributed by atoms with van der Waals surface area (Å²) in [5.41, 5.74) is 4.00. The molecule has 2 amide bonds. The quantitative estimate of drug-likeness (QED) is 0.0953. The standard InChI is InChI=1S/C18H18N8O7S3/c1-25-18(22-12(28)13(29)23-25)36-4-6-3-34-15-9(14(30)26(15)10(6)16(31)32)21-11(27)8(24-33-2)7-5-35-17(19)20-7/h5,9,15H,3-4H2,1-2H3,(H2,19,20)(H,21,27)(H,23,29)(H,31,32)/b24-8-. The highest BCUT2D eigenvalue weighted by molar-refractivity contribution is 8.01. The Morgan fingerprint density at radius 1 is 1.39 bits per heavy atom.